The fourth-order valence-corrected chi connectivity index (χ4v) is 3.31. The van der Waals surface area contributed by atoms with Crippen molar-refractivity contribution in [3.63, 3.8) is 0 Å². The number of hydrogen-bond donors (Lipinski definition) is 1. The van der Waals surface area contributed by atoms with E-state index < -0.39 is 0 Å². The lowest BCUT2D eigenvalue weighted by Crippen LogP contribution is -2.22. The fraction of sp³-hybridized carbons (Fsp3) is 0.692. The minimum absolute atomic E-state index is 0.539. The molecule has 1 N–H and O–H groups in total. The van der Waals surface area contributed by atoms with Gasteiger partial charge in [-0.3, -0.25) is 0 Å². The van der Waals surface area contributed by atoms with Gasteiger partial charge < -0.3 is 5.32 Å². The molecule has 1 nitrogen and oxygen atoms in total. The molecule has 0 amide bonds. The Morgan fingerprint density at radius 1 is 1.60 bits per heavy atom. The normalized spacial score (nSPS) is 26.6. The molecule has 2 heteroatoms. The summed E-state index contributed by atoms with van der Waals surface area (Å²) < 4.78 is 0. The first-order valence-corrected chi connectivity index (χ1v) is 6.90. The van der Waals surface area contributed by atoms with Crippen LogP contribution in [0.15, 0.2) is 11.4 Å². The Bertz CT molecular complexity index is 318. The van der Waals surface area contributed by atoms with E-state index in [0.29, 0.717) is 6.04 Å². The third kappa shape index (κ3) is 2.61. The van der Waals surface area contributed by atoms with Gasteiger partial charge >= 0.3 is 0 Å². The van der Waals surface area contributed by atoms with Crippen LogP contribution in [-0.4, -0.2) is 6.04 Å². The number of rotatable bonds is 5. The van der Waals surface area contributed by atoms with Gasteiger partial charge in [0.15, 0.2) is 0 Å². The Kier molecular flexibility index (Phi) is 3.47. The van der Waals surface area contributed by atoms with Crippen LogP contribution in [0.5, 0.6) is 0 Å². The van der Waals surface area contributed by atoms with Gasteiger partial charge in [0, 0.05) is 17.0 Å². The summed E-state index contributed by atoms with van der Waals surface area (Å²) in [6.07, 6.45) is 4.12. The third-order valence-electron chi connectivity index (χ3n) is 3.34. The van der Waals surface area contributed by atoms with Crippen LogP contribution in [0.4, 0.5) is 0 Å². The summed E-state index contributed by atoms with van der Waals surface area (Å²) in [6.45, 7) is 6.78. The van der Waals surface area contributed by atoms with Gasteiger partial charge in [-0.1, -0.05) is 13.3 Å². The minimum Gasteiger partial charge on any atom is -0.306 e. The van der Waals surface area contributed by atoms with Gasteiger partial charge in [0.1, 0.15) is 0 Å². The van der Waals surface area contributed by atoms with E-state index in [9.17, 15) is 0 Å². The van der Waals surface area contributed by atoms with Gasteiger partial charge in [-0.05, 0) is 49.6 Å². The van der Waals surface area contributed by atoms with Crippen LogP contribution in [0.2, 0.25) is 0 Å². The summed E-state index contributed by atoms with van der Waals surface area (Å²) in [5.74, 6) is 0.956. The summed E-state index contributed by atoms with van der Waals surface area (Å²) in [4.78, 5) is 1.51. The molecular formula is C13H21NS. The molecule has 1 heterocycles. The molecular weight excluding hydrogens is 202 g/mol. The Hall–Kier alpha value is -0.340. The van der Waals surface area contributed by atoms with E-state index in [0.717, 1.165) is 12.0 Å². The zero-order valence-electron chi connectivity index (χ0n) is 9.92. The molecule has 0 aromatic carbocycles. The second-order valence-corrected chi connectivity index (χ2v) is 5.69. The molecule has 2 rings (SSSR count). The zero-order chi connectivity index (χ0) is 10.8. The molecule has 1 aromatic heterocycles. The van der Waals surface area contributed by atoms with Crippen LogP contribution < -0.4 is 5.32 Å². The molecule has 0 aliphatic heterocycles. The SMILES string of the molecule is CCCC1CC1NC(C)c1sccc1C. The van der Waals surface area contributed by atoms with Crippen molar-refractivity contribution in [2.75, 3.05) is 0 Å². The van der Waals surface area contributed by atoms with Crippen molar-refractivity contribution in [2.24, 2.45) is 5.92 Å². The highest BCUT2D eigenvalue weighted by atomic mass is 32.1. The monoisotopic (exact) mass is 223 g/mol. The van der Waals surface area contributed by atoms with E-state index in [1.807, 2.05) is 11.3 Å². The fourth-order valence-electron chi connectivity index (χ4n) is 2.37. The number of thiophene rings is 1. The highest BCUT2D eigenvalue weighted by Gasteiger charge is 2.36. The molecule has 15 heavy (non-hydrogen) atoms. The van der Waals surface area contributed by atoms with Crippen LogP contribution >= 0.6 is 11.3 Å². The molecule has 3 unspecified atom stereocenters. The predicted octanol–water partition coefficient (Wildman–Crippen LogP) is 3.90. The maximum atomic E-state index is 3.74. The van der Waals surface area contributed by atoms with Crippen molar-refractivity contribution in [3.05, 3.63) is 21.9 Å². The summed E-state index contributed by atoms with van der Waals surface area (Å²) in [5.41, 5.74) is 1.44. The predicted molar refractivity (Wildman–Crippen MR) is 67.4 cm³/mol. The molecule has 1 aliphatic carbocycles. The molecule has 1 saturated carbocycles. The van der Waals surface area contributed by atoms with Crippen LogP contribution in [0.25, 0.3) is 0 Å². The van der Waals surface area contributed by atoms with Gasteiger partial charge in [0.25, 0.3) is 0 Å². The molecule has 1 fully saturated rings. The van der Waals surface area contributed by atoms with Crippen molar-refractivity contribution in [3.8, 4) is 0 Å². The van der Waals surface area contributed by atoms with Crippen molar-refractivity contribution in [1.82, 2.24) is 5.32 Å². The summed E-state index contributed by atoms with van der Waals surface area (Å²) >= 11 is 1.88. The topological polar surface area (TPSA) is 12.0 Å². The first kappa shape index (κ1) is 11.2. The lowest BCUT2D eigenvalue weighted by atomic mass is 10.2. The smallest absolute Gasteiger partial charge is 0.0391 e. The zero-order valence-corrected chi connectivity index (χ0v) is 10.7. The summed E-state index contributed by atoms with van der Waals surface area (Å²) in [7, 11) is 0. The highest BCUT2D eigenvalue weighted by Crippen LogP contribution is 2.37. The van der Waals surface area contributed by atoms with Crippen LogP contribution in [0, 0.1) is 12.8 Å². The molecule has 0 saturated heterocycles. The molecule has 0 radical (unpaired) electrons. The first-order valence-electron chi connectivity index (χ1n) is 6.02. The Balaban J connectivity index is 1.84. The van der Waals surface area contributed by atoms with E-state index in [4.69, 9.17) is 0 Å². The lowest BCUT2D eigenvalue weighted by Gasteiger charge is -2.13. The molecule has 1 aliphatic rings. The van der Waals surface area contributed by atoms with E-state index in [-0.39, 0.29) is 0 Å². The second kappa shape index (κ2) is 4.67. The summed E-state index contributed by atoms with van der Waals surface area (Å²) in [5, 5.41) is 5.94. The van der Waals surface area contributed by atoms with Gasteiger partial charge in [-0.25, -0.2) is 0 Å². The largest absolute Gasteiger partial charge is 0.306 e. The molecule has 3 atom stereocenters. The van der Waals surface area contributed by atoms with Crippen molar-refractivity contribution < 1.29 is 0 Å². The van der Waals surface area contributed by atoms with E-state index in [2.05, 4.69) is 37.5 Å². The molecule has 0 bridgehead atoms. The van der Waals surface area contributed by atoms with Crippen molar-refractivity contribution in [1.29, 1.82) is 0 Å². The van der Waals surface area contributed by atoms with Crippen LogP contribution in [-0.2, 0) is 0 Å². The van der Waals surface area contributed by atoms with Crippen LogP contribution in [0.3, 0.4) is 0 Å². The Morgan fingerprint density at radius 3 is 3.00 bits per heavy atom. The van der Waals surface area contributed by atoms with Gasteiger partial charge in [-0.15, -0.1) is 11.3 Å². The van der Waals surface area contributed by atoms with E-state index >= 15 is 0 Å². The maximum absolute atomic E-state index is 3.74. The number of hydrogen-bond acceptors (Lipinski definition) is 2. The van der Waals surface area contributed by atoms with Crippen molar-refractivity contribution >= 4 is 11.3 Å². The molecule has 1 aromatic rings. The average molecular weight is 223 g/mol. The van der Waals surface area contributed by atoms with Crippen molar-refractivity contribution in [2.45, 2.75) is 52.1 Å². The summed E-state index contributed by atoms with van der Waals surface area (Å²) in [6, 6.07) is 3.55. The number of aryl methyl sites for hydroxylation is 1. The molecule has 84 valence electrons. The number of nitrogens with one attached hydrogen (secondary N) is 1. The van der Waals surface area contributed by atoms with Gasteiger partial charge in [0.05, 0.1) is 0 Å². The molecule has 0 spiro atoms. The van der Waals surface area contributed by atoms with Crippen LogP contribution in [0.1, 0.15) is 49.6 Å². The second-order valence-electron chi connectivity index (χ2n) is 4.75. The standard InChI is InChI=1S/C13H21NS/c1-4-5-11-8-12(11)14-10(3)13-9(2)6-7-15-13/h6-7,10-12,14H,4-5,8H2,1-3H3. The first-order chi connectivity index (χ1) is 7.22. The van der Waals surface area contributed by atoms with Gasteiger partial charge in [0.2, 0.25) is 0 Å². The Morgan fingerprint density at radius 2 is 2.40 bits per heavy atom. The highest BCUT2D eigenvalue weighted by molar-refractivity contribution is 7.10. The maximum Gasteiger partial charge on any atom is 0.0391 e. The van der Waals surface area contributed by atoms with E-state index in [1.54, 1.807) is 0 Å². The third-order valence-corrected chi connectivity index (χ3v) is 4.54. The van der Waals surface area contributed by atoms with Gasteiger partial charge in [-0.2, -0.15) is 0 Å². The lowest BCUT2D eigenvalue weighted by molar-refractivity contribution is 0.534. The quantitative estimate of drug-likeness (QED) is 0.798. The van der Waals surface area contributed by atoms with E-state index in [1.165, 1.54) is 29.7 Å². The average Bonchev–Trinajstić information content (AvgIpc) is 2.76. The Labute approximate surface area is 96.9 Å². The minimum atomic E-state index is 0.539.